The minimum absolute atomic E-state index is 0.159. The van der Waals surface area contributed by atoms with Gasteiger partial charge in [-0.3, -0.25) is 0 Å². The lowest BCUT2D eigenvalue weighted by Crippen LogP contribution is -1.94. The molecule has 16 heavy (non-hydrogen) atoms. The van der Waals surface area contributed by atoms with Gasteiger partial charge in [-0.15, -0.1) is 0 Å². The van der Waals surface area contributed by atoms with Crippen molar-refractivity contribution in [3.8, 4) is 0 Å². The number of benzene rings is 1. The van der Waals surface area contributed by atoms with Gasteiger partial charge in [0.2, 0.25) is 9.05 Å². The fourth-order valence-corrected chi connectivity index (χ4v) is 2.63. The molecule has 0 unspecified atom stereocenters. The second-order valence-electron chi connectivity index (χ2n) is 3.80. The Labute approximate surface area is 98.4 Å². The summed E-state index contributed by atoms with van der Waals surface area (Å²) >= 11 is 0. The number of aryl methyl sites for hydroxylation is 2. The van der Waals surface area contributed by atoms with Crippen LogP contribution in [0.1, 0.15) is 16.9 Å². The summed E-state index contributed by atoms with van der Waals surface area (Å²) in [7, 11) is 1.70. The maximum absolute atomic E-state index is 11.0. The van der Waals surface area contributed by atoms with E-state index in [1.165, 1.54) is 0 Å². The van der Waals surface area contributed by atoms with E-state index in [-0.39, 0.29) is 5.75 Å². The van der Waals surface area contributed by atoms with Gasteiger partial charge in [-0.05, 0) is 37.1 Å². The van der Waals surface area contributed by atoms with Gasteiger partial charge in [0.15, 0.2) is 0 Å². The fraction of sp³-hybridized carbons (Fsp3) is 0.273. The van der Waals surface area contributed by atoms with Crippen molar-refractivity contribution in [2.24, 2.45) is 0 Å². The van der Waals surface area contributed by atoms with Gasteiger partial charge in [-0.1, -0.05) is 6.07 Å². The van der Waals surface area contributed by atoms with Crippen molar-refractivity contribution in [2.45, 2.75) is 19.6 Å². The Balaban J connectivity index is 2.55. The summed E-state index contributed by atoms with van der Waals surface area (Å²) in [5, 5.41) is 0.940. The average Bonchev–Trinajstić information content (AvgIpc) is 2.42. The van der Waals surface area contributed by atoms with Crippen LogP contribution in [0, 0.1) is 13.8 Å². The van der Waals surface area contributed by atoms with Gasteiger partial charge >= 0.3 is 0 Å². The van der Waals surface area contributed by atoms with Crippen LogP contribution in [0.2, 0.25) is 0 Å². The van der Waals surface area contributed by atoms with Crippen molar-refractivity contribution in [2.75, 3.05) is 0 Å². The SMILES string of the molecule is Cc1oc2ccc(CS(=O)(=O)Cl)cc2c1C. The molecular weight excluding hydrogens is 248 g/mol. The maximum atomic E-state index is 11.0. The van der Waals surface area contributed by atoms with Crippen LogP contribution in [0.5, 0.6) is 0 Å². The summed E-state index contributed by atoms with van der Waals surface area (Å²) in [6, 6.07) is 5.29. The van der Waals surface area contributed by atoms with Crippen molar-refractivity contribution < 1.29 is 12.8 Å². The van der Waals surface area contributed by atoms with Gasteiger partial charge in [0.05, 0.1) is 5.75 Å². The van der Waals surface area contributed by atoms with Crippen LogP contribution < -0.4 is 0 Å². The van der Waals surface area contributed by atoms with Crippen LogP contribution in [0.15, 0.2) is 22.6 Å². The topological polar surface area (TPSA) is 47.3 Å². The minimum Gasteiger partial charge on any atom is -0.461 e. The van der Waals surface area contributed by atoms with Gasteiger partial charge in [0.25, 0.3) is 0 Å². The standard InChI is InChI=1S/C11H11ClO3S/c1-7-8(2)15-11-4-3-9(5-10(7)11)6-16(12,13)14/h3-5H,6H2,1-2H3. The van der Waals surface area contributed by atoms with E-state index in [1.54, 1.807) is 18.2 Å². The zero-order valence-electron chi connectivity index (χ0n) is 8.95. The molecule has 0 saturated carbocycles. The Morgan fingerprint density at radius 1 is 1.31 bits per heavy atom. The second-order valence-corrected chi connectivity index (χ2v) is 6.57. The number of fused-ring (bicyclic) bond motifs is 1. The van der Waals surface area contributed by atoms with Crippen LogP contribution in [0.25, 0.3) is 11.0 Å². The Kier molecular flexibility index (Phi) is 2.72. The highest BCUT2D eigenvalue weighted by Gasteiger charge is 2.11. The number of halogens is 1. The number of rotatable bonds is 2. The lowest BCUT2D eigenvalue weighted by molar-refractivity contribution is 0.575. The molecule has 5 heteroatoms. The molecule has 0 spiro atoms. The van der Waals surface area contributed by atoms with E-state index in [9.17, 15) is 8.42 Å². The number of hydrogen-bond donors (Lipinski definition) is 0. The highest BCUT2D eigenvalue weighted by Crippen LogP contribution is 2.26. The predicted molar refractivity (Wildman–Crippen MR) is 64.2 cm³/mol. The van der Waals surface area contributed by atoms with Gasteiger partial charge in [0.1, 0.15) is 11.3 Å². The highest BCUT2D eigenvalue weighted by atomic mass is 35.7. The molecule has 0 aliphatic heterocycles. The van der Waals surface area contributed by atoms with Crippen LogP contribution >= 0.6 is 10.7 Å². The quantitative estimate of drug-likeness (QED) is 0.778. The molecule has 1 aromatic heterocycles. The van der Waals surface area contributed by atoms with E-state index in [1.807, 2.05) is 13.8 Å². The normalized spacial score (nSPS) is 12.2. The predicted octanol–water partition coefficient (Wildman–Crippen LogP) is 3.12. The smallest absolute Gasteiger partial charge is 0.236 e. The van der Waals surface area contributed by atoms with Crippen molar-refractivity contribution in [1.29, 1.82) is 0 Å². The first kappa shape index (κ1) is 11.5. The first-order chi connectivity index (χ1) is 7.37. The van der Waals surface area contributed by atoms with E-state index in [4.69, 9.17) is 15.1 Å². The molecule has 2 rings (SSSR count). The van der Waals surface area contributed by atoms with Gasteiger partial charge < -0.3 is 4.42 Å². The first-order valence-corrected chi connectivity index (χ1v) is 7.25. The molecule has 86 valence electrons. The second kappa shape index (κ2) is 3.79. The molecule has 0 radical (unpaired) electrons. The molecular formula is C11H11ClO3S. The fourth-order valence-electron chi connectivity index (χ4n) is 1.68. The Morgan fingerprint density at radius 2 is 2.00 bits per heavy atom. The Morgan fingerprint density at radius 3 is 2.62 bits per heavy atom. The largest absolute Gasteiger partial charge is 0.461 e. The summed E-state index contributed by atoms with van der Waals surface area (Å²) < 4.78 is 27.4. The summed E-state index contributed by atoms with van der Waals surface area (Å²) in [6.07, 6.45) is 0. The van der Waals surface area contributed by atoms with Crippen molar-refractivity contribution in [1.82, 2.24) is 0 Å². The van der Waals surface area contributed by atoms with Crippen molar-refractivity contribution in [3.05, 3.63) is 35.1 Å². The summed E-state index contributed by atoms with van der Waals surface area (Å²) in [5.41, 5.74) is 2.47. The highest BCUT2D eigenvalue weighted by molar-refractivity contribution is 8.13. The maximum Gasteiger partial charge on any atom is 0.236 e. The molecule has 0 bridgehead atoms. The monoisotopic (exact) mass is 258 g/mol. The van der Waals surface area contributed by atoms with Crippen LogP contribution in [0.3, 0.4) is 0 Å². The van der Waals surface area contributed by atoms with E-state index in [0.29, 0.717) is 5.56 Å². The molecule has 0 saturated heterocycles. The molecule has 3 nitrogen and oxygen atoms in total. The minimum atomic E-state index is -3.51. The number of furan rings is 1. The van der Waals surface area contributed by atoms with Crippen molar-refractivity contribution in [3.63, 3.8) is 0 Å². The van der Waals surface area contributed by atoms with Crippen LogP contribution in [-0.4, -0.2) is 8.42 Å². The molecule has 0 amide bonds. The zero-order chi connectivity index (χ0) is 11.9. The van der Waals surface area contributed by atoms with E-state index < -0.39 is 9.05 Å². The average molecular weight is 259 g/mol. The molecule has 0 atom stereocenters. The van der Waals surface area contributed by atoms with Gasteiger partial charge in [0, 0.05) is 16.1 Å². The van der Waals surface area contributed by atoms with E-state index in [0.717, 1.165) is 22.3 Å². The molecule has 1 aromatic carbocycles. The van der Waals surface area contributed by atoms with Crippen LogP contribution in [-0.2, 0) is 14.8 Å². The summed E-state index contributed by atoms with van der Waals surface area (Å²) in [6.45, 7) is 3.83. The lowest BCUT2D eigenvalue weighted by Gasteiger charge is -1.98. The van der Waals surface area contributed by atoms with Gasteiger partial charge in [-0.2, -0.15) is 0 Å². The van der Waals surface area contributed by atoms with E-state index >= 15 is 0 Å². The third-order valence-electron chi connectivity index (χ3n) is 2.58. The third-order valence-corrected chi connectivity index (χ3v) is 3.58. The molecule has 1 heterocycles. The lowest BCUT2D eigenvalue weighted by atomic mass is 10.1. The third kappa shape index (κ3) is 2.23. The first-order valence-electron chi connectivity index (χ1n) is 4.78. The van der Waals surface area contributed by atoms with Crippen molar-refractivity contribution >= 4 is 30.7 Å². The van der Waals surface area contributed by atoms with Crippen LogP contribution in [0.4, 0.5) is 0 Å². The van der Waals surface area contributed by atoms with Gasteiger partial charge in [-0.25, -0.2) is 8.42 Å². The molecule has 0 N–H and O–H groups in total. The Bertz CT molecular complexity index is 641. The molecule has 0 fully saturated rings. The molecule has 2 aromatic rings. The van der Waals surface area contributed by atoms with E-state index in [2.05, 4.69) is 0 Å². The Hall–Kier alpha value is -1.00. The molecule has 0 aliphatic rings. The summed E-state index contributed by atoms with van der Waals surface area (Å²) in [4.78, 5) is 0. The summed E-state index contributed by atoms with van der Waals surface area (Å²) in [5.74, 6) is 0.689. The molecule has 0 aliphatic carbocycles. The zero-order valence-corrected chi connectivity index (χ0v) is 10.5. The number of hydrogen-bond acceptors (Lipinski definition) is 3.